The number of hydrogen-bond acceptors (Lipinski definition) is 4. The predicted octanol–water partition coefficient (Wildman–Crippen LogP) is 0.000600. The molecule has 6 heteroatoms. The summed E-state index contributed by atoms with van der Waals surface area (Å²) in [5.41, 5.74) is 0. The molecule has 0 aliphatic heterocycles. The van der Waals surface area contributed by atoms with Gasteiger partial charge in [-0.05, 0) is 12.2 Å². The Morgan fingerprint density at radius 2 is 1.57 bits per heavy atom. The minimum atomic E-state index is -4.37. The van der Waals surface area contributed by atoms with Crippen LogP contribution in [-0.2, 0) is 19.7 Å². The highest BCUT2D eigenvalue weighted by molar-refractivity contribution is 7.85. The third kappa shape index (κ3) is 4.11. The van der Waals surface area contributed by atoms with Crippen molar-refractivity contribution >= 4 is 21.7 Å². The zero-order valence-corrected chi connectivity index (χ0v) is 8.16. The quantitative estimate of drug-likeness (QED) is 0.385. The summed E-state index contributed by atoms with van der Waals surface area (Å²) in [6, 6.07) is 0. The summed E-state index contributed by atoms with van der Waals surface area (Å²) in [6.07, 6.45) is 1.66. The zero-order chi connectivity index (χ0) is 11.4. The maximum absolute atomic E-state index is 11.0. The molecule has 0 spiro atoms. The topological polar surface area (TPSA) is 88.5 Å². The molecule has 1 N–H and O–H groups in total. The Morgan fingerprint density at radius 1 is 1.21 bits per heavy atom. The predicted molar refractivity (Wildman–Crippen MR) is 50.3 cm³/mol. The minimum Gasteiger partial charge on any atom is -0.294 e. The molecule has 0 radical (unpaired) electrons. The van der Waals surface area contributed by atoms with Crippen LogP contribution < -0.4 is 0 Å². The van der Waals surface area contributed by atoms with Gasteiger partial charge in [-0.25, -0.2) is 0 Å². The van der Waals surface area contributed by atoms with E-state index in [-0.39, 0.29) is 0 Å². The summed E-state index contributed by atoms with van der Waals surface area (Å²) in [4.78, 5) is 22.1. The van der Waals surface area contributed by atoms with Crippen molar-refractivity contribution in [1.29, 1.82) is 0 Å². The molecule has 0 rings (SSSR count). The van der Waals surface area contributed by atoms with Crippen molar-refractivity contribution in [2.75, 3.05) is 5.75 Å². The lowest BCUT2D eigenvalue weighted by atomic mass is 10.0. The first-order chi connectivity index (χ1) is 6.31. The fourth-order valence-electron chi connectivity index (χ4n) is 0.800. The molecule has 78 valence electrons. The third-order valence-corrected chi connectivity index (χ3v) is 2.22. The lowest BCUT2D eigenvalue weighted by Crippen LogP contribution is -2.28. The van der Waals surface area contributed by atoms with Gasteiger partial charge in [0.05, 0.1) is 5.75 Å². The minimum absolute atomic E-state index is 0.757. The van der Waals surface area contributed by atoms with Gasteiger partial charge in [0, 0.05) is 0 Å². The molecule has 0 heterocycles. The molecule has 0 fully saturated rings. The summed E-state index contributed by atoms with van der Waals surface area (Å²) >= 11 is 0. The smallest absolute Gasteiger partial charge is 0.266 e. The number of ketones is 2. The van der Waals surface area contributed by atoms with Crippen LogP contribution in [0.25, 0.3) is 0 Å². The molecule has 0 aliphatic rings. The van der Waals surface area contributed by atoms with Gasteiger partial charge in [0.25, 0.3) is 10.1 Å². The molecule has 0 saturated heterocycles. The standard InChI is InChI=1S/C8H10O5S/c1-3-7(9)6(8(10)4-2)5-14(11,12)13/h3-4,6H,1-2,5H2,(H,11,12,13). The van der Waals surface area contributed by atoms with Crippen molar-refractivity contribution in [2.45, 2.75) is 0 Å². The van der Waals surface area contributed by atoms with Crippen LogP contribution in [0.4, 0.5) is 0 Å². The van der Waals surface area contributed by atoms with Gasteiger partial charge in [-0.15, -0.1) is 0 Å². The van der Waals surface area contributed by atoms with Gasteiger partial charge >= 0.3 is 0 Å². The molecule has 5 nitrogen and oxygen atoms in total. The summed E-state index contributed by atoms with van der Waals surface area (Å²) in [7, 11) is -4.37. The summed E-state index contributed by atoms with van der Waals surface area (Å²) in [5, 5.41) is 0. The maximum Gasteiger partial charge on any atom is 0.266 e. The van der Waals surface area contributed by atoms with E-state index >= 15 is 0 Å². The van der Waals surface area contributed by atoms with Gasteiger partial charge in [-0.2, -0.15) is 8.42 Å². The number of carbonyl (C=O) groups excluding carboxylic acids is 2. The second kappa shape index (κ2) is 4.83. The Labute approximate surface area is 81.9 Å². The van der Waals surface area contributed by atoms with Gasteiger partial charge in [-0.1, -0.05) is 13.2 Å². The van der Waals surface area contributed by atoms with Crippen molar-refractivity contribution in [3.8, 4) is 0 Å². The van der Waals surface area contributed by atoms with E-state index in [1.807, 2.05) is 0 Å². The van der Waals surface area contributed by atoms with Crippen LogP contribution in [0.15, 0.2) is 25.3 Å². The van der Waals surface area contributed by atoms with E-state index in [4.69, 9.17) is 4.55 Å². The molecule has 0 amide bonds. The normalized spacial score (nSPS) is 11.0. The highest BCUT2D eigenvalue weighted by Crippen LogP contribution is 2.06. The highest BCUT2D eigenvalue weighted by atomic mass is 32.2. The van der Waals surface area contributed by atoms with Crippen molar-refractivity contribution in [3.05, 3.63) is 25.3 Å². The first kappa shape index (κ1) is 12.7. The highest BCUT2D eigenvalue weighted by Gasteiger charge is 2.27. The molecule has 0 saturated carbocycles. The Hall–Kier alpha value is -1.27. The Balaban J connectivity index is 4.92. The second-order valence-electron chi connectivity index (χ2n) is 2.51. The molecule has 0 aromatic heterocycles. The largest absolute Gasteiger partial charge is 0.294 e. The SMILES string of the molecule is C=CC(=O)C(CS(=O)(=O)O)C(=O)C=C. The molecule has 0 aliphatic carbocycles. The van der Waals surface area contributed by atoms with Gasteiger partial charge in [0.1, 0.15) is 5.92 Å². The van der Waals surface area contributed by atoms with Crippen LogP contribution in [-0.4, -0.2) is 30.3 Å². The summed E-state index contributed by atoms with van der Waals surface area (Å²) < 4.78 is 29.4. The first-order valence-electron chi connectivity index (χ1n) is 3.59. The molecular weight excluding hydrogens is 208 g/mol. The van der Waals surface area contributed by atoms with Gasteiger partial charge < -0.3 is 0 Å². The van der Waals surface area contributed by atoms with Crippen LogP contribution in [0.2, 0.25) is 0 Å². The molecule has 0 unspecified atom stereocenters. The lowest BCUT2D eigenvalue weighted by molar-refractivity contribution is -0.126. The number of allylic oxidation sites excluding steroid dienone is 2. The lowest BCUT2D eigenvalue weighted by Gasteiger charge is -2.07. The molecule has 0 aromatic carbocycles. The van der Waals surface area contributed by atoms with Crippen molar-refractivity contribution in [3.63, 3.8) is 0 Å². The summed E-state index contributed by atoms with van der Waals surface area (Å²) in [5.74, 6) is -3.90. The Bertz CT molecular complexity index is 345. The van der Waals surface area contributed by atoms with E-state index < -0.39 is 33.4 Å². The van der Waals surface area contributed by atoms with Gasteiger partial charge in [0.15, 0.2) is 11.6 Å². The van der Waals surface area contributed by atoms with Gasteiger partial charge in [0.2, 0.25) is 0 Å². The van der Waals surface area contributed by atoms with E-state index in [1.54, 1.807) is 0 Å². The molecule has 0 atom stereocenters. The van der Waals surface area contributed by atoms with Crippen LogP contribution in [0, 0.1) is 5.92 Å². The average Bonchev–Trinajstić information content (AvgIpc) is 2.10. The van der Waals surface area contributed by atoms with Crippen LogP contribution in [0.3, 0.4) is 0 Å². The molecule has 0 aromatic rings. The van der Waals surface area contributed by atoms with Crippen molar-refractivity contribution in [2.24, 2.45) is 5.92 Å². The van der Waals surface area contributed by atoms with Crippen molar-refractivity contribution < 1.29 is 22.6 Å². The number of rotatable bonds is 6. The number of carbonyl (C=O) groups is 2. The second-order valence-corrected chi connectivity index (χ2v) is 4.01. The van der Waals surface area contributed by atoms with Crippen LogP contribution >= 0.6 is 0 Å². The summed E-state index contributed by atoms with van der Waals surface area (Å²) in [6.45, 7) is 6.23. The fraction of sp³-hybridized carbons (Fsp3) is 0.250. The Morgan fingerprint density at radius 3 is 1.79 bits per heavy atom. The maximum atomic E-state index is 11.0. The van der Waals surface area contributed by atoms with Gasteiger partial charge in [-0.3, -0.25) is 14.1 Å². The third-order valence-electron chi connectivity index (χ3n) is 1.47. The van der Waals surface area contributed by atoms with E-state index in [0.29, 0.717) is 0 Å². The van der Waals surface area contributed by atoms with E-state index in [1.165, 1.54) is 0 Å². The van der Waals surface area contributed by atoms with E-state index in [2.05, 4.69) is 13.2 Å². The van der Waals surface area contributed by atoms with Crippen LogP contribution in [0.1, 0.15) is 0 Å². The molecule has 14 heavy (non-hydrogen) atoms. The average molecular weight is 218 g/mol. The van der Waals surface area contributed by atoms with E-state index in [9.17, 15) is 18.0 Å². The monoisotopic (exact) mass is 218 g/mol. The Kier molecular flexibility index (Phi) is 4.39. The first-order valence-corrected chi connectivity index (χ1v) is 5.20. The zero-order valence-electron chi connectivity index (χ0n) is 7.34. The van der Waals surface area contributed by atoms with Crippen LogP contribution in [0.5, 0.6) is 0 Å². The van der Waals surface area contributed by atoms with Crippen molar-refractivity contribution in [1.82, 2.24) is 0 Å². The molecular formula is C8H10O5S. The molecule has 0 bridgehead atoms. The van der Waals surface area contributed by atoms with E-state index in [0.717, 1.165) is 12.2 Å². The fourth-order valence-corrected chi connectivity index (χ4v) is 1.55. The number of hydrogen-bond donors (Lipinski definition) is 1.